The van der Waals surface area contributed by atoms with Gasteiger partial charge in [0.05, 0.1) is 10.6 Å². The van der Waals surface area contributed by atoms with Crippen LogP contribution < -0.4 is 9.62 Å². The van der Waals surface area contributed by atoms with Crippen LogP contribution >= 0.6 is 12.4 Å². The van der Waals surface area contributed by atoms with Crippen LogP contribution in [0.4, 0.5) is 5.69 Å². The van der Waals surface area contributed by atoms with Gasteiger partial charge in [-0.1, -0.05) is 17.7 Å². The van der Waals surface area contributed by atoms with E-state index in [1.54, 1.807) is 48.5 Å². The van der Waals surface area contributed by atoms with Gasteiger partial charge in [0.2, 0.25) is 0 Å². The van der Waals surface area contributed by atoms with Crippen LogP contribution in [0.1, 0.15) is 22.3 Å². The third kappa shape index (κ3) is 4.84. The summed E-state index contributed by atoms with van der Waals surface area (Å²) in [6.07, 6.45) is 0.932. The molecule has 0 atom stereocenters. The van der Waals surface area contributed by atoms with Crippen LogP contribution in [0.2, 0.25) is 0 Å². The lowest BCUT2D eigenvalue weighted by molar-refractivity contribution is 0.0766. The SMILES string of the molecule is Cc1ccc(S(=O)(=O)N(C)c2ccc(C(=O)N3CCCNCC3)cc2)cc1.Cl. The fraction of sp³-hybridized carbons (Fsp3) is 0.350. The van der Waals surface area contributed by atoms with Crippen molar-refractivity contribution in [3.05, 3.63) is 59.7 Å². The van der Waals surface area contributed by atoms with Gasteiger partial charge in [-0.3, -0.25) is 9.10 Å². The van der Waals surface area contributed by atoms with E-state index >= 15 is 0 Å². The molecule has 1 amide bonds. The van der Waals surface area contributed by atoms with Gasteiger partial charge in [-0.25, -0.2) is 8.42 Å². The number of sulfonamides is 1. The smallest absolute Gasteiger partial charge is 0.264 e. The number of rotatable bonds is 4. The molecule has 1 aliphatic rings. The number of anilines is 1. The average molecular weight is 424 g/mol. The average Bonchev–Trinajstić information content (AvgIpc) is 2.97. The van der Waals surface area contributed by atoms with E-state index in [9.17, 15) is 13.2 Å². The fourth-order valence-corrected chi connectivity index (χ4v) is 4.25. The van der Waals surface area contributed by atoms with Gasteiger partial charge in [-0.05, 0) is 56.3 Å². The van der Waals surface area contributed by atoms with Crippen LogP contribution in [0.5, 0.6) is 0 Å². The third-order valence-corrected chi connectivity index (χ3v) is 6.58. The Bertz CT molecular complexity index is 891. The molecule has 28 heavy (non-hydrogen) atoms. The second kappa shape index (κ2) is 9.41. The van der Waals surface area contributed by atoms with Crippen molar-refractivity contribution < 1.29 is 13.2 Å². The Morgan fingerprint density at radius 3 is 2.29 bits per heavy atom. The first kappa shape index (κ1) is 22.2. The van der Waals surface area contributed by atoms with E-state index in [0.717, 1.165) is 31.6 Å². The summed E-state index contributed by atoms with van der Waals surface area (Å²) in [6, 6.07) is 13.5. The Kier molecular flexibility index (Phi) is 7.46. The van der Waals surface area contributed by atoms with Gasteiger partial charge in [0, 0.05) is 32.2 Å². The van der Waals surface area contributed by atoms with E-state index in [0.29, 0.717) is 17.8 Å². The highest BCUT2D eigenvalue weighted by Gasteiger charge is 2.22. The van der Waals surface area contributed by atoms with Gasteiger partial charge in [-0.2, -0.15) is 0 Å². The molecule has 8 heteroatoms. The molecule has 1 fully saturated rings. The van der Waals surface area contributed by atoms with E-state index < -0.39 is 10.0 Å². The molecule has 0 unspecified atom stereocenters. The molecule has 3 rings (SSSR count). The largest absolute Gasteiger partial charge is 0.337 e. The molecule has 0 aromatic heterocycles. The molecule has 0 radical (unpaired) electrons. The van der Waals surface area contributed by atoms with Gasteiger partial charge < -0.3 is 10.2 Å². The molecule has 0 bridgehead atoms. The molecule has 152 valence electrons. The zero-order valence-electron chi connectivity index (χ0n) is 16.1. The lowest BCUT2D eigenvalue weighted by atomic mass is 10.1. The number of hydrogen-bond acceptors (Lipinski definition) is 4. The molecule has 0 saturated carbocycles. The summed E-state index contributed by atoms with van der Waals surface area (Å²) in [5.74, 6) is -0.0192. The van der Waals surface area contributed by atoms with Crippen LogP contribution in [-0.2, 0) is 10.0 Å². The summed E-state index contributed by atoms with van der Waals surface area (Å²) in [5, 5.41) is 3.28. The molecule has 0 spiro atoms. The van der Waals surface area contributed by atoms with E-state index in [2.05, 4.69) is 5.32 Å². The minimum atomic E-state index is -3.64. The fourth-order valence-electron chi connectivity index (χ4n) is 3.05. The second-order valence-electron chi connectivity index (χ2n) is 6.73. The Balaban J connectivity index is 0.00000280. The normalized spacial score (nSPS) is 14.7. The maximum Gasteiger partial charge on any atom is 0.264 e. The number of hydrogen-bond donors (Lipinski definition) is 1. The van der Waals surface area contributed by atoms with Crippen LogP contribution in [0.25, 0.3) is 0 Å². The van der Waals surface area contributed by atoms with E-state index in [1.165, 1.54) is 11.4 Å². The maximum absolute atomic E-state index is 12.8. The molecule has 1 saturated heterocycles. The number of amides is 1. The minimum absolute atomic E-state index is 0. The van der Waals surface area contributed by atoms with Gasteiger partial charge in [-0.15, -0.1) is 12.4 Å². The van der Waals surface area contributed by atoms with Crippen LogP contribution in [-0.4, -0.2) is 52.5 Å². The van der Waals surface area contributed by atoms with Crippen molar-refractivity contribution in [1.29, 1.82) is 0 Å². The quantitative estimate of drug-likeness (QED) is 0.820. The number of aryl methyl sites for hydroxylation is 1. The minimum Gasteiger partial charge on any atom is -0.337 e. The molecule has 6 nitrogen and oxygen atoms in total. The van der Waals surface area contributed by atoms with Crippen LogP contribution in [0.15, 0.2) is 53.4 Å². The van der Waals surface area contributed by atoms with Gasteiger partial charge in [0.15, 0.2) is 0 Å². The Morgan fingerprint density at radius 2 is 1.64 bits per heavy atom. The highest BCUT2D eigenvalue weighted by Crippen LogP contribution is 2.23. The van der Waals surface area contributed by atoms with Crippen LogP contribution in [0, 0.1) is 6.92 Å². The first-order chi connectivity index (χ1) is 12.9. The zero-order chi connectivity index (χ0) is 19.4. The Hall–Kier alpha value is -2.09. The second-order valence-corrected chi connectivity index (χ2v) is 8.70. The lowest BCUT2D eigenvalue weighted by Gasteiger charge is -2.22. The van der Waals surface area contributed by atoms with E-state index in [-0.39, 0.29) is 23.2 Å². The molecular weight excluding hydrogens is 398 g/mol. The first-order valence-corrected chi connectivity index (χ1v) is 10.5. The highest BCUT2D eigenvalue weighted by molar-refractivity contribution is 7.92. The summed E-state index contributed by atoms with van der Waals surface area (Å²) in [6.45, 7) is 5.04. The van der Waals surface area contributed by atoms with E-state index in [4.69, 9.17) is 0 Å². The summed E-state index contributed by atoms with van der Waals surface area (Å²) in [5.41, 5.74) is 2.09. The lowest BCUT2D eigenvalue weighted by Crippen LogP contribution is -2.34. The van der Waals surface area contributed by atoms with Crippen molar-refractivity contribution in [1.82, 2.24) is 10.2 Å². The van der Waals surface area contributed by atoms with Gasteiger partial charge >= 0.3 is 0 Å². The summed E-state index contributed by atoms with van der Waals surface area (Å²) in [7, 11) is -2.12. The highest BCUT2D eigenvalue weighted by atomic mass is 35.5. The molecule has 2 aromatic carbocycles. The molecule has 1 N–H and O–H groups in total. The van der Waals surface area contributed by atoms with Crippen molar-refractivity contribution >= 4 is 34.0 Å². The van der Waals surface area contributed by atoms with Gasteiger partial charge in [0.1, 0.15) is 0 Å². The zero-order valence-corrected chi connectivity index (χ0v) is 17.7. The topological polar surface area (TPSA) is 69.7 Å². The van der Waals surface area contributed by atoms with Crippen molar-refractivity contribution in [2.45, 2.75) is 18.2 Å². The third-order valence-electron chi connectivity index (χ3n) is 4.78. The Labute approximate surface area is 173 Å². The first-order valence-electron chi connectivity index (χ1n) is 9.05. The maximum atomic E-state index is 12.8. The summed E-state index contributed by atoms with van der Waals surface area (Å²) < 4.78 is 26.8. The Morgan fingerprint density at radius 1 is 1.00 bits per heavy atom. The number of nitrogens with one attached hydrogen (secondary N) is 1. The van der Waals surface area contributed by atoms with Crippen molar-refractivity contribution in [3.8, 4) is 0 Å². The predicted octanol–water partition coefficient (Wildman–Crippen LogP) is 2.68. The number of carbonyl (C=O) groups excluding carboxylic acids is 1. The monoisotopic (exact) mass is 423 g/mol. The van der Waals surface area contributed by atoms with Crippen LogP contribution in [0.3, 0.4) is 0 Å². The molecule has 1 heterocycles. The standard InChI is InChI=1S/C20H25N3O3S.ClH/c1-16-4-10-19(11-5-16)27(25,26)22(2)18-8-6-17(7-9-18)20(24)23-14-3-12-21-13-15-23;/h4-11,21H,3,12-15H2,1-2H3;1H. The van der Waals surface area contributed by atoms with Crippen molar-refractivity contribution in [3.63, 3.8) is 0 Å². The van der Waals surface area contributed by atoms with Gasteiger partial charge in [0.25, 0.3) is 15.9 Å². The van der Waals surface area contributed by atoms with E-state index in [1.807, 2.05) is 11.8 Å². The summed E-state index contributed by atoms with van der Waals surface area (Å²) >= 11 is 0. The molecule has 0 aliphatic carbocycles. The summed E-state index contributed by atoms with van der Waals surface area (Å²) in [4.78, 5) is 14.7. The predicted molar refractivity (Wildman–Crippen MR) is 114 cm³/mol. The van der Waals surface area contributed by atoms with Crippen molar-refractivity contribution in [2.24, 2.45) is 0 Å². The number of benzene rings is 2. The molecular formula is C20H26ClN3O3S. The number of nitrogens with zero attached hydrogens (tertiary/aromatic N) is 2. The molecule has 1 aliphatic heterocycles. The number of halogens is 1. The number of carbonyl (C=O) groups is 1. The van der Waals surface area contributed by atoms with Crippen molar-refractivity contribution in [2.75, 3.05) is 37.5 Å². The molecule has 2 aromatic rings.